The van der Waals surface area contributed by atoms with Crippen molar-refractivity contribution in [3.8, 4) is 0 Å². The van der Waals surface area contributed by atoms with Gasteiger partial charge in [-0.2, -0.15) is 4.31 Å². The maximum Gasteiger partial charge on any atom is 0.253 e. The van der Waals surface area contributed by atoms with Gasteiger partial charge in [-0.15, -0.1) is 0 Å². The Balaban J connectivity index is 1.49. The molecule has 0 aliphatic rings. The molecule has 2 atom stereocenters. The number of sulfonamides is 1. The minimum atomic E-state index is -3.89. The van der Waals surface area contributed by atoms with E-state index < -0.39 is 33.9 Å². The fraction of sp³-hybridized carbons (Fsp3) is 0.342. The van der Waals surface area contributed by atoms with Crippen LogP contribution in [0.1, 0.15) is 66.2 Å². The SMILES string of the molecule is Cc1ncccc1C(=O)NC(C(=O)NCCCCC(CO)N(CC(C)C)S(=O)(=O)c1ccc(N)cc1)C(c1ccccc1)c1ccccc1. The Labute approximate surface area is 289 Å². The molecule has 0 aliphatic carbocycles. The summed E-state index contributed by atoms with van der Waals surface area (Å²) in [5.41, 5.74) is 8.92. The Morgan fingerprint density at radius 3 is 2.04 bits per heavy atom. The molecule has 0 fully saturated rings. The van der Waals surface area contributed by atoms with E-state index in [0.29, 0.717) is 42.8 Å². The number of carbonyl (C=O) groups is 2. The second-order valence-electron chi connectivity index (χ2n) is 12.5. The van der Waals surface area contributed by atoms with Crippen molar-refractivity contribution >= 4 is 27.5 Å². The number of nitrogens with zero attached hydrogens (tertiary/aromatic N) is 2. The summed E-state index contributed by atoms with van der Waals surface area (Å²) in [6, 6.07) is 27.0. The van der Waals surface area contributed by atoms with Gasteiger partial charge >= 0.3 is 0 Å². The number of aromatic nitrogens is 1. The Kier molecular flexibility index (Phi) is 13.5. The molecule has 2 unspecified atom stereocenters. The highest BCUT2D eigenvalue weighted by Gasteiger charge is 2.34. The average molecular weight is 686 g/mol. The number of hydrogen-bond donors (Lipinski definition) is 4. The van der Waals surface area contributed by atoms with Gasteiger partial charge in [0.15, 0.2) is 0 Å². The molecule has 0 aliphatic heterocycles. The van der Waals surface area contributed by atoms with Gasteiger partial charge in [0.25, 0.3) is 5.91 Å². The molecule has 4 rings (SSSR count). The molecule has 260 valence electrons. The smallest absolute Gasteiger partial charge is 0.253 e. The largest absolute Gasteiger partial charge is 0.399 e. The van der Waals surface area contributed by atoms with Crippen LogP contribution in [0.3, 0.4) is 0 Å². The van der Waals surface area contributed by atoms with Gasteiger partial charge in [-0.1, -0.05) is 80.9 Å². The first kappa shape index (κ1) is 37.2. The number of pyridine rings is 1. The molecular weight excluding hydrogens is 639 g/mol. The summed E-state index contributed by atoms with van der Waals surface area (Å²) >= 11 is 0. The predicted octanol–water partition coefficient (Wildman–Crippen LogP) is 4.90. The van der Waals surface area contributed by atoms with Crippen molar-refractivity contribution in [2.45, 2.75) is 62.9 Å². The summed E-state index contributed by atoms with van der Waals surface area (Å²) in [6.07, 6.45) is 3.08. The number of aliphatic hydroxyl groups excluding tert-OH is 1. The van der Waals surface area contributed by atoms with Crippen LogP contribution in [0.5, 0.6) is 0 Å². The lowest BCUT2D eigenvalue weighted by atomic mass is 9.84. The van der Waals surface area contributed by atoms with Crippen LogP contribution in [0, 0.1) is 12.8 Å². The van der Waals surface area contributed by atoms with Gasteiger partial charge in [0.2, 0.25) is 15.9 Å². The minimum Gasteiger partial charge on any atom is -0.399 e. The van der Waals surface area contributed by atoms with Crippen LogP contribution in [0.4, 0.5) is 5.69 Å². The Bertz CT molecular complexity index is 1710. The number of nitrogens with two attached hydrogens (primary N) is 1. The number of aliphatic hydroxyl groups is 1. The molecule has 5 N–H and O–H groups in total. The molecule has 2 amide bonds. The van der Waals surface area contributed by atoms with E-state index in [0.717, 1.165) is 11.1 Å². The van der Waals surface area contributed by atoms with Gasteiger partial charge in [0, 0.05) is 42.6 Å². The Hall–Kier alpha value is -4.58. The third-order valence-electron chi connectivity index (χ3n) is 8.38. The minimum absolute atomic E-state index is 0.0293. The van der Waals surface area contributed by atoms with Gasteiger partial charge in [-0.25, -0.2) is 8.42 Å². The maximum absolute atomic E-state index is 14.0. The quantitative estimate of drug-likeness (QED) is 0.0911. The van der Waals surface area contributed by atoms with Crippen molar-refractivity contribution in [1.82, 2.24) is 19.9 Å². The number of unbranched alkanes of at least 4 members (excludes halogenated alkanes) is 1. The van der Waals surface area contributed by atoms with Crippen LogP contribution >= 0.6 is 0 Å². The molecule has 1 aromatic heterocycles. The summed E-state index contributed by atoms with van der Waals surface area (Å²) in [4.78, 5) is 31.9. The van der Waals surface area contributed by atoms with E-state index in [1.54, 1.807) is 37.4 Å². The van der Waals surface area contributed by atoms with Crippen molar-refractivity contribution in [3.63, 3.8) is 0 Å². The first-order valence-corrected chi connectivity index (χ1v) is 18.0. The van der Waals surface area contributed by atoms with E-state index >= 15 is 0 Å². The lowest BCUT2D eigenvalue weighted by Gasteiger charge is -2.31. The maximum atomic E-state index is 14.0. The van der Waals surface area contributed by atoms with Crippen LogP contribution in [0.2, 0.25) is 0 Å². The first-order chi connectivity index (χ1) is 23.5. The average Bonchev–Trinajstić information content (AvgIpc) is 3.10. The van der Waals surface area contributed by atoms with E-state index in [9.17, 15) is 23.1 Å². The van der Waals surface area contributed by atoms with Crippen LogP contribution in [-0.2, 0) is 14.8 Å². The summed E-state index contributed by atoms with van der Waals surface area (Å²) in [6.45, 7) is 5.80. The van der Waals surface area contributed by atoms with Crippen molar-refractivity contribution in [2.75, 3.05) is 25.4 Å². The van der Waals surface area contributed by atoms with E-state index in [2.05, 4.69) is 15.6 Å². The number of rotatable bonds is 17. The highest BCUT2D eigenvalue weighted by Crippen LogP contribution is 2.29. The number of nitrogen functional groups attached to an aromatic ring is 1. The molecule has 0 saturated heterocycles. The standard InChI is InChI=1S/C38H47N5O5S/c1-27(2)25-43(49(47,48)33-21-19-31(39)20-22-33)32(26-44)17-10-11-23-41-38(46)36(42-37(45)34-18-12-24-40-28(34)3)35(29-13-6-4-7-14-29)30-15-8-5-9-16-30/h4-9,12-16,18-22,24,27,32,35-36,44H,10-11,17,23,25-26,39H2,1-3H3,(H,41,46)(H,42,45). The zero-order chi connectivity index (χ0) is 35.4. The van der Waals surface area contributed by atoms with Crippen molar-refractivity contribution < 1.29 is 23.1 Å². The third-order valence-corrected chi connectivity index (χ3v) is 10.3. The highest BCUT2D eigenvalue weighted by molar-refractivity contribution is 7.89. The third kappa shape index (κ3) is 9.97. The fourth-order valence-corrected chi connectivity index (χ4v) is 7.68. The van der Waals surface area contributed by atoms with Crippen LogP contribution in [-0.4, -0.2) is 66.4 Å². The van der Waals surface area contributed by atoms with Gasteiger partial charge in [-0.05, 0) is 73.2 Å². The molecule has 10 nitrogen and oxygen atoms in total. The molecule has 4 aromatic rings. The summed E-state index contributed by atoms with van der Waals surface area (Å²) in [5, 5.41) is 16.3. The fourth-order valence-electron chi connectivity index (χ4n) is 5.87. The topological polar surface area (TPSA) is 155 Å². The zero-order valence-electron chi connectivity index (χ0n) is 28.3. The van der Waals surface area contributed by atoms with Crippen LogP contribution in [0.25, 0.3) is 0 Å². The zero-order valence-corrected chi connectivity index (χ0v) is 29.1. The van der Waals surface area contributed by atoms with E-state index in [4.69, 9.17) is 5.73 Å². The predicted molar refractivity (Wildman–Crippen MR) is 192 cm³/mol. The van der Waals surface area contributed by atoms with Gasteiger partial charge in [0.05, 0.1) is 17.1 Å². The number of carbonyl (C=O) groups excluding carboxylic acids is 2. The highest BCUT2D eigenvalue weighted by atomic mass is 32.2. The monoisotopic (exact) mass is 685 g/mol. The lowest BCUT2D eigenvalue weighted by Crippen LogP contribution is -2.50. The molecule has 11 heteroatoms. The molecular formula is C38H47N5O5S. The summed E-state index contributed by atoms with van der Waals surface area (Å²) in [5.74, 6) is -1.20. The number of amides is 2. The van der Waals surface area contributed by atoms with E-state index in [1.165, 1.54) is 16.4 Å². The van der Waals surface area contributed by atoms with Gasteiger partial charge in [0.1, 0.15) is 6.04 Å². The number of hydrogen-bond acceptors (Lipinski definition) is 7. The van der Waals surface area contributed by atoms with E-state index in [-0.39, 0.29) is 29.9 Å². The first-order valence-electron chi connectivity index (χ1n) is 16.6. The normalized spacial score (nSPS) is 13.0. The number of aryl methyl sites for hydroxylation is 1. The number of nitrogens with one attached hydrogen (secondary N) is 2. The summed E-state index contributed by atoms with van der Waals surface area (Å²) < 4.78 is 28.6. The molecule has 49 heavy (non-hydrogen) atoms. The number of benzene rings is 3. The van der Waals surface area contributed by atoms with Crippen molar-refractivity contribution in [2.24, 2.45) is 5.92 Å². The summed E-state index contributed by atoms with van der Waals surface area (Å²) in [7, 11) is -3.89. The second kappa shape index (κ2) is 17.7. The molecule has 0 saturated carbocycles. The van der Waals surface area contributed by atoms with Crippen LogP contribution < -0.4 is 16.4 Å². The van der Waals surface area contributed by atoms with Gasteiger partial charge in [-0.3, -0.25) is 14.6 Å². The molecule has 1 heterocycles. The van der Waals surface area contributed by atoms with Crippen molar-refractivity contribution in [1.29, 1.82) is 0 Å². The Morgan fingerprint density at radius 1 is 0.878 bits per heavy atom. The van der Waals surface area contributed by atoms with E-state index in [1.807, 2.05) is 74.5 Å². The molecule has 0 spiro atoms. The van der Waals surface area contributed by atoms with Crippen molar-refractivity contribution in [3.05, 3.63) is 126 Å². The van der Waals surface area contributed by atoms with Crippen LogP contribution in [0.15, 0.2) is 108 Å². The van der Waals surface area contributed by atoms with Gasteiger partial charge < -0.3 is 21.5 Å². The molecule has 3 aromatic carbocycles. The second-order valence-corrected chi connectivity index (χ2v) is 14.4. The lowest BCUT2D eigenvalue weighted by molar-refractivity contribution is -0.123. The molecule has 0 radical (unpaired) electrons. The molecule has 0 bridgehead atoms. The number of anilines is 1. The Morgan fingerprint density at radius 2 is 1.49 bits per heavy atom.